The lowest BCUT2D eigenvalue weighted by molar-refractivity contribution is 0.0934. The molecule has 2 heterocycles. The number of amides is 1. The van der Waals surface area contributed by atoms with Crippen LogP contribution in [-0.4, -0.2) is 34.9 Å². The number of carbonyl (C=O) groups excluding carboxylic acids is 1. The minimum Gasteiger partial charge on any atom is -0.486 e. The molecule has 0 fully saturated rings. The van der Waals surface area contributed by atoms with E-state index in [0.717, 1.165) is 0 Å². The van der Waals surface area contributed by atoms with E-state index in [1.807, 2.05) is 19.2 Å². The average Bonchev–Trinajstić information content (AvgIpc) is 2.99. The molecule has 110 valence electrons. The number of hydrogen-bond acceptors (Lipinski definition) is 4. The predicted molar refractivity (Wildman–Crippen MR) is 76.6 cm³/mol. The minimum absolute atomic E-state index is 0.0226. The molecule has 1 N–H and O–H groups in total. The van der Waals surface area contributed by atoms with E-state index < -0.39 is 0 Å². The number of nitrogens with zero attached hydrogens (tertiary/aromatic N) is 2. The van der Waals surface area contributed by atoms with Crippen molar-refractivity contribution >= 4 is 5.91 Å². The van der Waals surface area contributed by atoms with E-state index in [2.05, 4.69) is 10.4 Å². The second-order valence-corrected chi connectivity index (χ2v) is 4.96. The highest BCUT2D eigenvalue weighted by Gasteiger charge is 2.16. The number of ether oxygens (including phenoxy) is 2. The normalized spacial score (nSPS) is 14.5. The fourth-order valence-electron chi connectivity index (χ4n) is 2.23. The van der Waals surface area contributed by atoms with Crippen molar-refractivity contribution in [2.24, 2.45) is 0 Å². The van der Waals surface area contributed by atoms with Crippen molar-refractivity contribution < 1.29 is 14.3 Å². The van der Waals surface area contributed by atoms with E-state index in [-0.39, 0.29) is 11.9 Å². The van der Waals surface area contributed by atoms with Crippen LogP contribution in [0.25, 0.3) is 0 Å². The van der Waals surface area contributed by atoms with E-state index in [4.69, 9.17) is 9.47 Å². The molecule has 0 bridgehead atoms. The van der Waals surface area contributed by atoms with Crippen molar-refractivity contribution in [1.82, 2.24) is 15.1 Å². The van der Waals surface area contributed by atoms with Crippen LogP contribution in [0.2, 0.25) is 0 Å². The molecule has 2 aromatic rings. The summed E-state index contributed by atoms with van der Waals surface area (Å²) < 4.78 is 12.7. The Morgan fingerprint density at radius 2 is 2.19 bits per heavy atom. The van der Waals surface area contributed by atoms with E-state index >= 15 is 0 Å². The number of aromatic nitrogens is 2. The zero-order valence-electron chi connectivity index (χ0n) is 11.8. The molecule has 0 aliphatic carbocycles. The molecular weight excluding hydrogens is 270 g/mol. The standard InChI is InChI=1S/C15H17N3O3/c1-11(10-18-6-2-5-16-18)17-15(19)12-3-4-13-14(9-12)21-8-7-20-13/h2-6,9,11H,7-8,10H2,1H3,(H,17,19)/t11-/m1/s1. The first-order chi connectivity index (χ1) is 10.2. The second-order valence-electron chi connectivity index (χ2n) is 4.96. The van der Waals surface area contributed by atoms with E-state index in [1.165, 1.54) is 0 Å². The van der Waals surface area contributed by atoms with Crippen LogP contribution in [0.15, 0.2) is 36.7 Å². The molecule has 0 unspecified atom stereocenters. The lowest BCUT2D eigenvalue weighted by Crippen LogP contribution is -2.35. The number of nitrogens with one attached hydrogen (secondary N) is 1. The summed E-state index contributed by atoms with van der Waals surface area (Å²) in [5.74, 6) is 1.17. The first-order valence-corrected chi connectivity index (χ1v) is 6.90. The molecule has 1 aliphatic rings. The topological polar surface area (TPSA) is 65.4 Å². The van der Waals surface area contributed by atoms with E-state index in [1.54, 1.807) is 29.1 Å². The lowest BCUT2D eigenvalue weighted by Gasteiger charge is -2.19. The number of rotatable bonds is 4. The van der Waals surface area contributed by atoms with Crippen molar-refractivity contribution in [3.8, 4) is 11.5 Å². The summed E-state index contributed by atoms with van der Waals surface area (Å²) >= 11 is 0. The highest BCUT2D eigenvalue weighted by Crippen LogP contribution is 2.30. The van der Waals surface area contributed by atoms with Crippen LogP contribution in [0.4, 0.5) is 0 Å². The van der Waals surface area contributed by atoms with Crippen LogP contribution in [0.1, 0.15) is 17.3 Å². The van der Waals surface area contributed by atoms with Gasteiger partial charge in [-0.2, -0.15) is 5.10 Å². The second kappa shape index (κ2) is 5.87. The molecule has 1 aliphatic heterocycles. The highest BCUT2D eigenvalue weighted by atomic mass is 16.6. The Morgan fingerprint density at radius 3 is 2.95 bits per heavy atom. The SMILES string of the molecule is C[C@H](Cn1cccn1)NC(=O)c1ccc2c(c1)OCCO2. The number of carbonyl (C=O) groups is 1. The summed E-state index contributed by atoms with van der Waals surface area (Å²) in [6.07, 6.45) is 3.59. The van der Waals surface area contributed by atoms with Gasteiger partial charge in [0.05, 0.1) is 6.54 Å². The van der Waals surface area contributed by atoms with Crippen LogP contribution in [0.3, 0.4) is 0 Å². The maximum Gasteiger partial charge on any atom is 0.251 e. The summed E-state index contributed by atoms with van der Waals surface area (Å²) in [6, 6.07) is 7.05. The zero-order chi connectivity index (χ0) is 14.7. The number of fused-ring (bicyclic) bond motifs is 1. The molecule has 0 saturated carbocycles. The molecule has 21 heavy (non-hydrogen) atoms. The van der Waals surface area contributed by atoms with Crippen molar-refractivity contribution in [3.05, 3.63) is 42.2 Å². The van der Waals surface area contributed by atoms with Gasteiger partial charge in [0.15, 0.2) is 11.5 Å². The molecule has 6 nitrogen and oxygen atoms in total. The van der Waals surface area contributed by atoms with E-state index in [9.17, 15) is 4.79 Å². The molecule has 3 rings (SSSR count). The number of benzene rings is 1. The molecule has 1 atom stereocenters. The van der Waals surface area contributed by atoms with Gasteiger partial charge in [-0.05, 0) is 31.2 Å². The van der Waals surface area contributed by atoms with Crippen LogP contribution in [-0.2, 0) is 6.54 Å². The van der Waals surface area contributed by atoms with E-state index in [0.29, 0.717) is 36.8 Å². The smallest absolute Gasteiger partial charge is 0.251 e. The van der Waals surface area contributed by atoms with Crippen molar-refractivity contribution in [2.45, 2.75) is 19.5 Å². The molecule has 0 saturated heterocycles. The van der Waals surface area contributed by atoms with Crippen molar-refractivity contribution in [1.29, 1.82) is 0 Å². The summed E-state index contributed by atoms with van der Waals surface area (Å²) in [6.45, 7) is 3.62. The summed E-state index contributed by atoms with van der Waals surface area (Å²) in [5, 5.41) is 7.07. The Morgan fingerprint density at radius 1 is 1.38 bits per heavy atom. The van der Waals surface area contributed by atoms with Crippen molar-refractivity contribution in [2.75, 3.05) is 13.2 Å². The van der Waals surface area contributed by atoms with Gasteiger partial charge in [-0.1, -0.05) is 0 Å². The molecule has 1 aromatic heterocycles. The molecule has 1 aromatic carbocycles. The van der Waals surface area contributed by atoms with Gasteiger partial charge >= 0.3 is 0 Å². The summed E-state index contributed by atoms with van der Waals surface area (Å²) in [4.78, 5) is 12.2. The van der Waals surface area contributed by atoms with Crippen molar-refractivity contribution in [3.63, 3.8) is 0 Å². The lowest BCUT2D eigenvalue weighted by atomic mass is 10.1. The quantitative estimate of drug-likeness (QED) is 0.925. The van der Waals surface area contributed by atoms with Gasteiger partial charge in [-0.25, -0.2) is 0 Å². The van der Waals surface area contributed by atoms with Gasteiger partial charge in [0.1, 0.15) is 13.2 Å². The third kappa shape index (κ3) is 3.16. The molecule has 1 amide bonds. The van der Waals surface area contributed by atoms with Gasteiger partial charge in [0, 0.05) is 24.0 Å². The Balaban J connectivity index is 1.64. The summed E-state index contributed by atoms with van der Waals surface area (Å²) in [5.41, 5.74) is 0.562. The molecule has 6 heteroatoms. The first-order valence-electron chi connectivity index (χ1n) is 6.90. The van der Waals surface area contributed by atoms with Gasteiger partial charge in [-0.15, -0.1) is 0 Å². The van der Waals surface area contributed by atoms with Crippen LogP contribution >= 0.6 is 0 Å². The Labute approximate surface area is 122 Å². The van der Waals surface area contributed by atoms with Gasteiger partial charge in [-0.3, -0.25) is 9.48 Å². The maximum atomic E-state index is 12.2. The predicted octanol–water partition coefficient (Wildman–Crippen LogP) is 1.47. The Hall–Kier alpha value is -2.50. The van der Waals surface area contributed by atoms with Crippen LogP contribution in [0, 0.1) is 0 Å². The third-order valence-corrected chi connectivity index (χ3v) is 3.20. The molecule has 0 spiro atoms. The number of hydrogen-bond donors (Lipinski definition) is 1. The van der Waals surface area contributed by atoms with Crippen LogP contribution < -0.4 is 14.8 Å². The van der Waals surface area contributed by atoms with Gasteiger partial charge < -0.3 is 14.8 Å². The third-order valence-electron chi connectivity index (χ3n) is 3.20. The first kappa shape index (κ1) is 13.5. The maximum absolute atomic E-state index is 12.2. The fraction of sp³-hybridized carbons (Fsp3) is 0.333. The van der Waals surface area contributed by atoms with Crippen LogP contribution in [0.5, 0.6) is 11.5 Å². The Bertz CT molecular complexity index is 625. The highest BCUT2D eigenvalue weighted by molar-refractivity contribution is 5.95. The minimum atomic E-state index is -0.133. The molecular formula is C15H17N3O3. The summed E-state index contributed by atoms with van der Waals surface area (Å²) in [7, 11) is 0. The van der Waals surface area contributed by atoms with Gasteiger partial charge in [0.2, 0.25) is 0 Å². The Kier molecular flexibility index (Phi) is 3.77. The largest absolute Gasteiger partial charge is 0.486 e. The molecule has 0 radical (unpaired) electrons. The van der Waals surface area contributed by atoms with Gasteiger partial charge in [0.25, 0.3) is 5.91 Å². The monoisotopic (exact) mass is 287 g/mol. The average molecular weight is 287 g/mol. The fourth-order valence-corrected chi connectivity index (χ4v) is 2.23. The zero-order valence-corrected chi connectivity index (χ0v) is 11.8.